The average molecular weight is 270 g/mol. The van der Waals surface area contributed by atoms with Crippen LogP contribution in [-0.2, 0) is 0 Å². The topological polar surface area (TPSA) is 0 Å². The normalized spacial score (nSPS) is 21.6. The third kappa shape index (κ3) is 2.36. The Labute approximate surface area is 120 Å². The summed E-state index contributed by atoms with van der Waals surface area (Å²) >= 11 is 2.03. The van der Waals surface area contributed by atoms with Crippen molar-refractivity contribution in [3.8, 4) is 0 Å². The van der Waals surface area contributed by atoms with Crippen LogP contribution in [-0.4, -0.2) is 0 Å². The quantitative estimate of drug-likeness (QED) is 0.662. The second kappa shape index (κ2) is 5.13. The fourth-order valence-corrected chi connectivity index (χ4v) is 4.61. The highest BCUT2D eigenvalue weighted by molar-refractivity contribution is 7.12. The minimum Gasteiger partial charge on any atom is -0.145 e. The number of thiophene rings is 1. The smallest absolute Gasteiger partial charge is 0.0118 e. The van der Waals surface area contributed by atoms with Crippen molar-refractivity contribution < 1.29 is 0 Å². The molecule has 0 amide bonds. The standard InChI is InChI=1S/C18H22S/c1-4-5-15-11-16(14-8-6-12(2)7-9-14)17-10-13(3)19-18(15)17/h6-10,15-16H,4-5,11H2,1-3H3/t15-,16-/m1/s1. The van der Waals surface area contributed by atoms with Gasteiger partial charge in [-0.05, 0) is 49.8 Å². The van der Waals surface area contributed by atoms with Gasteiger partial charge in [0.25, 0.3) is 0 Å². The molecular weight excluding hydrogens is 248 g/mol. The molecule has 0 radical (unpaired) electrons. The van der Waals surface area contributed by atoms with Gasteiger partial charge in [0.15, 0.2) is 0 Å². The third-order valence-electron chi connectivity index (χ3n) is 4.30. The molecule has 1 heteroatoms. The van der Waals surface area contributed by atoms with Crippen LogP contribution in [0.4, 0.5) is 0 Å². The lowest BCUT2D eigenvalue weighted by molar-refractivity contribution is 0.586. The van der Waals surface area contributed by atoms with E-state index in [2.05, 4.69) is 51.1 Å². The number of aryl methyl sites for hydroxylation is 2. The van der Waals surface area contributed by atoms with Crippen molar-refractivity contribution in [3.63, 3.8) is 0 Å². The Morgan fingerprint density at radius 1 is 1.16 bits per heavy atom. The Hall–Kier alpha value is -1.08. The van der Waals surface area contributed by atoms with Crippen LogP contribution in [0.5, 0.6) is 0 Å². The summed E-state index contributed by atoms with van der Waals surface area (Å²) in [6.45, 7) is 6.72. The molecule has 0 aliphatic heterocycles. The van der Waals surface area contributed by atoms with Gasteiger partial charge < -0.3 is 0 Å². The van der Waals surface area contributed by atoms with E-state index in [1.54, 1.807) is 10.4 Å². The largest absolute Gasteiger partial charge is 0.145 e. The molecule has 0 saturated heterocycles. The minimum absolute atomic E-state index is 0.636. The Morgan fingerprint density at radius 2 is 1.89 bits per heavy atom. The number of rotatable bonds is 3. The second-order valence-corrected chi connectivity index (χ2v) is 7.15. The fraction of sp³-hybridized carbons (Fsp3) is 0.444. The summed E-state index contributed by atoms with van der Waals surface area (Å²) < 4.78 is 0. The third-order valence-corrected chi connectivity index (χ3v) is 5.53. The van der Waals surface area contributed by atoms with Gasteiger partial charge in [-0.25, -0.2) is 0 Å². The molecule has 2 aromatic rings. The molecule has 0 unspecified atom stereocenters. The summed E-state index contributed by atoms with van der Waals surface area (Å²) in [4.78, 5) is 3.15. The minimum atomic E-state index is 0.636. The predicted octanol–water partition coefficient (Wildman–Crippen LogP) is 5.78. The van der Waals surface area contributed by atoms with Crippen LogP contribution in [0.25, 0.3) is 0 Å². The maximum Gasteiger partial charge on any atom is 0.0118 e. The molecule has 0 bridgehead atoms. The van der Waals surface area contributed by atoms with Crippen molar-refractivity contribution in [1.82, 2.24) is 0 Å². The Bertz CT molecular complexity index is 562. The number of hydrogen-bond acceptors (Lipinski definition) is 1. The van der Waals surface area contributed by atoms with E-state index in [0.29, 0.717) is 5.92 Å². The van der Waals surface area contributed by atoms with Crippen molar-refractivity contribution in [1.29, 1.82) is 0 Å². The van der Waals surface area contributed by atoms with Gasteiger partial charge in [-0.15, -0.1) is 11.3 Å². The molecule has 0 N–H and O–H groups in total. The Balaban J connectivity index is 1.97. The van der Waals surface area contributed by atoms with Gasteiger partial charge in [-0.3, -0.25) is 0 Å². The van der Waals surface area contributed by atoms with Gasteiger partial charge in [0.2, 0.25) is 0 Å². The molecule has 0 nitrogen and oxygen atoms in total. The van der Waals surface area contributed by atoms with Crippen molar-refractivity contribution >= 4 is 11.3 Å². The summed E-state index contributed by atoms with van der Waals surface area (Å²) in [7, 11) is 0. The number of fused-ring (bicyclic) bond motifs is 1. The van der Waals surface area contributed by atoms with E-state index >= 15 is 0 Å². The first kappa shape index (κ1) is 12.9. The highest BCUT2D eigenvalue weighted by Gasteiger charge is 2.33. The predicted molar refractivity (Wildman–Crippen MR) is 84.3 cm³/mol. The van der Waals surface area contributed by atoms with E-state index < -0.39 is 0 Å². The van der Waals surface area contributed by atoms with Gasteiger partial charge in [0.05, 0.1) is 0 Å². The molecule has 0 fully saturated rings. The molecule has 0 spiro atoms. The highest BCUT2D eigenvalue weighted by Crippen LogP contribution is 2.50. The first-order chi connectivity index (χ1) is 9.19. The maximum absolute atomic E-state index is 2.43. The van der Waals surface area contributed by atoms with Gasteiger partial charge in [0, 0.05) is 15.7 Å². The molecule has 1 aromatic heterocycles. The maximum atomic E-state index is 2.43. The van der Waals surface area contributed by atoms with E-state index in [4.69, 9.17) is 0 Å². The Kier molecular flexibility index (Phi) is 3.49. The molecule has 0 saturated carbocycles. The summed E-state index contributed by atoms with van der Waals surface area (Å²) in [6.07, 6.45) is 3.95. The average Bonchev–Trinajstić information content (AvgIpc) is 2.90. The van der Waals surface area contributed by atoms with Crippen LogP contribution in [0.2, 0.25) is 0 Å². The van der Waals surface area contributed by atoms with Gasteiger partial charge in [-0.1, -0.05) is 43.2 Å². The summed E-state index contributed by atoms with van der Waals surface area (Å²) in [5, 5.41) is 0. The van der Waals surface area contributed by atoms with Crippen molar-refractivity contribution in [3.05, 3.63) is 56.8 Å². The lowest BCUT2D eigenvalue weighted by Crippen LogP contribution is -1.97. The van der Waals surface area contributed by atoms with Crippen LogP contribution >= 0.6 is 11.3 Å². The van der Waals surface area contributed by atoms with Crippen LogP contribution in [0, 0.1) is 13.8 Å². The van der Waals surface area contributed by atoms with Crippen LogP contribution in [0.15, 0.2) is 30.3 Å². The van der Waals surface area contributed by atoms with Crippen LogP contribution in [0.3, 0.4) is 0 Å². The lowest BCUT2D eigenvalue weighted by Gasteiger charge is -2.13. The lowest BCUT2D eigenvalue weighted by atomic mass is 9.91. The SMILES string of the molecule is CCC[C@@H]1C[C@H](c2ccc(C)cc2)c2cc(C)sc21. The second-order valence-electron chi connectivity index (χ2n) is 5.86. The molecule has 2 atom stereocenters. The highest BCUT2D eigenvalue weighted by atomic mass is 32.1. The van der Waals surface area contributed by atoms with E-state index in [1.165, 1.54) is 35.3 Å². The molecule has 1 heterocycles. The van der Waals surface area contributed by atoms with Gasteiger partial charge in [0.1, 0.15) is 0 Å². The van der Waals surface area contributed by atoms with E-state index in [1.807, 2.05) is 11.3 Å². The van der Waals surface area contributed by atoms with Gasteiger partial charge in [-0.2, -0.15) is 0 Å². The summed E-state index contributed by atoms with van der Waals surface area (Å²) in [5.41, 5.74) is 4.47. The van der Waals surface area contributed by atoms with E-state index in [9.17, 15) is 0 Å². The molecule has 100 valence electrons. The van der Waals surface area contributed by atoms with E-state index in [0.717, 1.165) is 5.92 Å². The molecular formula is C18H22S. The Morgan fingerprint density at radius 3 is 2.58 bits per heavy atom. The number of hydrogen-bond donors (Lipinski definition) is 0. The van der Waals surface area contributed by atoms with Crippen molar-refractivity contribution in [2.45, 2.75) is 51.9 Å². The van der Waals surface area contributed by atoms with Crippen molar-refractivity contribution in [2.24, 2.45) is 0 Å². The first-order valence-electron chi connectivity index (χ1n) is 7.35. The summed E-state index contributed by atoms with van der Waals surface area (Å²) in [6, 6.07) is 11.6. The zero-order chi connectivity index (χ0) is 13.4. The van der Waals surface area contributed by atoms with Crippen LogP contribution in [0.1, 0.15) is 64.5 Å². The molecule has 19 heavy (non-hydrogen) atoms. The fourth-order valence-electron chi connectivity index (χ4n) is 3.37. The van der Waals surface area contributed by atoms with Gasteiger partial charge >= 0.3 is 0 Å². The van der Waals surface area contributed by atoms with Crippen molar-refractivity contribution in [2.75, 3.05) is 0 Å². The zero-order valence-corrected chi connectivity index (χ0v) is 12.9. The monoisotopic (exact) mass is 270 g/mol. The summed E-state index contributed by atoms with van der Waals surface area (Å²) in [5.74, 6) is 1.43. The number of benzene rings is 1. The molecule has 1 aliphatic rings. The first-order valence-corrected chi connectivity index (χ1v) is 8.17. The van der Waals surface area contributed by atoms with E-state index in [-0.39, 0.29) is 0 Å². The molecule has 3 rings (SSSR count). The molecule has 1 aliphatic carbocycles. The zero-order valence-electron chi connectivity index (χ0n) is 12.1. The molecule has 1 aromatic carbocycles. The van der Waals surface area contributed by atoms with Crippen LogP contribution < -0.4 is 0 Å².